The summed E-state index contributed by atoms with van der Waals surface area (Å²) in [6.07, 6.45) is 94.4. The summed E-state index contributed by atoms with van der Waals surface area (Å²) in [6.45, 7) is 4.91. The maximum Gasteiger partial charge on any atom is 0.305 e. The fourth-order valence-corrected chi connectivity index (χ4v) is 12.3. The number of aliphatic hydroxyl groups is 2. The average molecular weight is 1180 g/mol. The van der Waals surface area contributed by atoms with E-state index in [-0.39, 0.29) is 18.5 Å². The van der Waals surface area contributed by atoms with Gasteiger partial charge in [-0.3, -0.25) is 9.59 Å². The second-order valence-electron chi connectivity index (χ2n) is 26.7. The van der Waals surface area contributed by atoms with Crippen LogP contribution in [-0.4, -0.2) is 47.4 Å². The maximum absolute atomic E-state index is 12.6. The first-order chi connectivity index (χ1) is 41.5. The van der Waals surface area contributed by atoms with Crippen LogP contribution in [0.4, 0.5) is 0 Å². The van der Waals surface area contributed by atoms with Crippen molar-refractivity contribution in [3.8, 4) is 0 Å². The van der Waals surface area contributed by atoms with Crippen LogP contribution in [0.2, 0.25) is 0 Å². The summed E-state index contributed by atoms with van der Waals surface area (Å²) < 4.78 is 5.47. The van der Waals surface area contributed by atoms with Gasteiger partial charge in [0.2, 0.25) is 5.91 Å². The van der Waals surface area contributed by atoms with Crippen LogP contribution in [-0.2, 0) is 14.3 Å². The van der Waals surface area contributed by atoms with Crippen molar-refractivity contribution in [2.24, 2.45) is 0 Å². The van der Waals surface area contributed by atoms with Crippen molar-refractivity contribution < 1.29 is 24.5 Å². The number of unbranched alkanes of at least 4 members (excludes halogenated alkanes) is 60. The molecular formula is C78H151NO5. The second kappa shape index (κ2) is 73.8. The lowest BCUT2D eigenvalue weighted by Crippen LogP contribution is -2.45. The number of hydrogen-bond acceptors (Lipinski definition) is 5. The van der Waals surface area contributed by atoms with E-state index in [0.29, 0.717) is 19.4 Å². The van der Waals surface area contributed by atoms with Gasteiger partial charge in [-0.05, 0) is 51.4 Å². The smallest absolute Gasteiger partial charge is 0.305 e. The molecule has 3 N–H and O–H groups in total. The molecule has 0 saturated carbocycles. The number of rotatable bonds is 73. The molecule has 1 amide bonds. The topological polar surface area (TPSA) is 95.9 Å². The lowest BCUT2D eigenvalue weighted by molar-refractivity contribution is -0.143. The van der Waals surface area contributed by atoms with Gasteiger partial charge in [0.1, 0.15) is 0 Å². The predicted octanol–water partition coefficient (Wildman–Crippen LogP) is 25.3. The Hall–Kier alpha value is -1.66. The fraction of sp³-hybridized carbons (Fsp3) is 0.923. The summed E-state index contributed by atoms with van der Waals surface area (Å²) in [5.74, 6) is -0.0484. The van der Waals surface area contributed by atoms with Gasteiger partial charge in [0.25, 0.3) is 0 Å². The van der Waals surface area contributed by atoms with Gasteiger partial charge in [0.05, 0.1) is 25.4 Å². The molecule has 0 rings (SSSR count). The molecule has 0 fully saturated rings. The van der Waals surface area contributed by atoms with Crippen LogP contribution >= 0.6 is 0 Å². The molecule has 0 aliphatic carbocycles. The second-order valence-corrected chi connectivity index (χ2v) is 26.7. The van der Waals surface area contributed by atoms with Crippen LogP contribution in [0.1, 0.15) is 438 Å². The molecule has 0 spiro atoms. The van der Waals surface area contributed by atoms with Gasteiger partial charge < -0.3 is 20.3 Å². The number of carbonyl (C=O) groups is 2. The van der Waals surface area contributed by atoms with E-state index in [0.717, 1.165) is 44.9 Å². The molecule has 0 aliphatic heterocycles. The van der Waals surface area contributed by atoms with E-state index < -0.39 is 12.1 Å². The van der Waals surface area contributed by atoms with Crippen molar-refractivity contribution in [2.75, 3.05) is 13.2 Å². The summed E-state index contributed by atoms with van der Waals surface area (Å²) >= 11 is 0. The van der Waals surface area contributed by atoms with Gasteiger partial charge in [-0.1, -0.05) is 398 Å². The highest BCUT2D eigenvalue weighted by atomic mass is 16.5. The Labute approximate surface area is 526 Å². The Kier molecular flexibility index (Phi) is 72.3. The van der Waals surface area contributed by atoms with Gasteiger partial charge in [-0.2, -0.15) is 0 Å². The lowest BCUT2D eigenvalue weighted by Gasteiger charge is -2.20. The first kappa shape index (κ1) is 82.3. The highest BCUT2D eigenvalue weighted by Crippen LogP contribution is 2.20. The number of amides is 1. The first-order valence-corrected chi connectivity index (χ1v) is 38.6. The van der Waals surface area contributed by atoms with E-state index in [1.165, 1.54) is 366 Å². The number of ether oxygens (including phenoxy) is 1. The molecule has 6 nitrogen and oxygen atoms in total. The Bertz CT molecular complexity index is 1320. The Morgan fingerprint density at radius 1 is 0.321 bits per heavy atom. The number of carbonyl (C=O) groups excluding carboxylic acids is 2. The standard InChI is InChI=1S/C78H151NO5/c1-3-5-7-9-11-13-15-16-17-18-19-20-21-29-32-35-38-41-44-47-51-54-58-62-66-70-76(81)75(74-80)79-77(82)71-67-63-59-55-52-48-45-42-39-36-33-30-27-25-23-22-24-26-28-31-34-37-40-43-46-49-53-57-61-65-69-73-84-78(83)72-68-64-60-56-50-14-12-10-8-6-4-2/h10,12,66,70,75-76,80-81H,3-9,11,13-65,67-69,71-74H2,1-2H3,(H,79,82)/b12-10-,70-66+. The van der Waals surface area contributed by atoms with E-state index in [9.17, 15) is 19.8 Å². The zero-order chi connectivity index (χ0) is 60.6. The fourth-order valence-electron chi connectivity index (χ4n) is 12.3. The number of hydrogen-bond donors (Lipinski definition) is 3. The third-order valence-corrected chi connectivity index (χ3v) is 18.2. The minimum atomic E-state index is -0.843. The van der Waals surface area contributed by atoms with Crippen LogP contribution in [0, 0.1) is 0 Å². The van der Waals surface area contributed by atoms with E-state index in [4.69, 9.17) is 4.74 Å². The van der Waals surface area contributed by atoms with E-state index in [1.807, 2.05) is 6.08 Å². The summed E-state index contributed by atoms with van der Waals surface area (Å²) in [5, 5.41) is 23.3. The zero-order valence-corrected chi connectivity index (χ0v) is 57.2. The third-order valence-electron chi connectivity index (χ3n) is 18.2. The van der Waals surface area contributed by atoms with Crippen LogP contribution in [0.3, 0.4) is 0 Å². The van der Waals surface area contributed by atoms with E-state index in [2.05, 4.69) is 31.3 Å². The van der Waals surface area contributed by atoms with Gasteiger partial charge in [-0.15, -0.1) is 0 Å². The van der Waals surface area contributed by atoms with Crippen molar-refractivity contribution in [3.63, 3.8) is 0 Å². The van der Waals surface area contributed by atoms with Crippen molar-refractivity contribution in [1.29, 1.82) is 0 Å². The highest BCUT2D eigenvalue weighted by molar-refractivity contribution is 5.76. The molecule has 0 aromatic rings. The lowest BCUT2D eigenvalue weighted by atomic mass is 10.0. The molecule has 0 bridgehead atoms. The number of aliphatic hydroxyl groups excluding tert-OH is 2. The molecule has 0 aromatic heterocycles. The predicted molar refractivity (Wildman–Crippen MR) is 370 cm³/mol. The SMILES string of the molecule is CCCC/C=C\CCCCCCCC(=O)OCCCCCCCCCCCCCCCCCCCCCCCCCCCCCCCCCC(=O)NC(CO)C(O)/C=C/CCCCCCCCCCCCCCCCCCCCCCCCC. The van der Waals surface area contributed by atoms with Crippen molar-refractivity contribution in [3.05, 3.63) is 24.3 Å². The van der Waals surface area contributed by atoms with Gasteiger partial charge in [0, 0.05) is 12.8 Å². The van der Waals surface area contributed by atoms with Crippen LogP contribution in [0.25, 0.3) is 0 Å². The minimum Gasteiger partial charge on any atom is -0.466 e. The molecule has 0 aliphatic rings. The summed E-state index contributed by atoms with van der Waals surface area (Å²) in [7, 11) is 0. The Morgan fingerprint density at radius 3 is 0.881 bits per heavy atom. The molecule has 0 aromatic carbocycles. The maximum atomic E-state index is 12.6. The molecule has 84 heavy (non-hydrogen) atoms. The van der Waals surface area contributed by atoms with Gasteiger partial charge in [-0.25, -0.2) is 0 Å². The Morgan fingerprint density at radius 2 is 0.571 bits per heavy atom. The zero-order valence-electron chi connectivity index (χ0n) is 57.2. The van der Waals surface area contributed by atoms with E-state index in [1.54, 1.807) is 6.08 Å². The van der Waals surface area contributed by atoms with Crippen molar-refractivity contribution in [2.45, 2.75) is 450 Å². The molecule has 2 atom stereocenters. The molecule has 6 heteroatoms. The largest absolute Gasteiger partial charge is 0.466 e. The summed E-state index contributed by atoms with van der Waals surface area (Å²) in [6, 6.07) is -0.626. The summed E-state index contributed by atoms with van der Waals surface area (Å²) in [4.78, 5) is 24.6. The van der Waals surface area contributed by atoms with Crippen molar-refractivity contribution in [1.82, 2.24) is 5.32 Å². The average Bonchev–Trinajstić information content (AvgIpc) is 3.51. The molecule has 498 valence electrons. The van der Waals surface area contributed by atoms with E-state index >= 15 is 0 Å². The number of allylic oxidation sites excluding steroid dienone is 3. The normalized spacial score (nSPS) is 12.6. The van der Waals surface area contributed by atoms with Gasteiger partial charge >= 0.3 is 5.97 Å². The monoisotopic (exact) mass is 1180 g/mol. The van der Waals surface area contributed by atoms with Crippen LogP contribution in [0.15, 0.2) is 24.3 Å². The molecule has 0 saturated heterocycles. The van der Waals surface area contributed by atoms with Crippen LogP contribution in [0.5, 0.6) is 0 Å². The first-order valence-electron chi connectivity index (χ1n) is 38.6. The summed E-state index contributed by atoms with van der Waals surface area (Å²) in [5.41, 5.74) is 0. The minimum absolute atomic E-state index is 0.0100. The molecule has 0 heterocycles. The van der Waals surface area contributed by atoms with Crippen LogP contribution < -0.4 is 5.32 Å². The molecule has 2 unspecified atom stereocenters. The number of esters is 1. The highest BCUT2D eigenvalue weighted by Gasteiger charge is 2.18. The number of nitrogens with one attached hydrogen (secondary N) is 1. The molecule has 0 radical (unpaired) electrons. The van der Waals surface area contributed by atoms with Crippen molar-refractivity contribution >= 4 is 11.9 Å². The van der Waals surface area contributed by atoms with Gasteiger partial charge in [0.15, 0.2) is 0 Å². The third kappa shape index (κ3) is 69.4. The Balaban J connectivity index is 3.36. The molecular weight excluding hydrogens is 1030 g/mol. The quantitative estimate of drug-likeness (QED) is 0.0320.